The average Bonchev–Trinajstić information content (AvgIpc) is 3.27. The minimum Gasteiger partial charge on any atom is -0.336 e. The maximum absolute atomic E-state index is 13.3. The molecule has 0 unspecified atom stereocenters. The predicted octanol–water partition coefficient (Wildman–Crippen LogP) is 6.07. The van der Waals surface area contributed by atoms with Crippen molar-refractivity contribution in [3.63, 3.8) is 0 Å². The Bertz CT molecular complexity index is 1010. The molecule has 0 atom stereocenters. The van der Waals surface area contributed by atoms with Gasteiger partial charge in [0.1, 0.15) is 5.69 Å². The summed E-state index contributed by atoms with van der Waals surface area (Å²) in [4.78, 5) is 16.4. The van der Waals surface area contributed by atoms with Gasteiger partial charge in [-0.15, -0.1) is 11.3 Å². The zero-order valence-electron chi connectivity index (χ0n) is 16.0. The highest BCUT2D eigenvalue weighted by atomic mass is 79.9. The van der Waals surface area contributed by atoms with E-state index in [0.717, 1.165) is 34.4 Å². The molecule has 0 radical (unpaired) electrons. The number of thiophene rings is 1. The Morgan fingerprint density at radius 3 is 2.63 bits per heavy atom. The molecule has 5 heteroatoms. The van der Waals surface area contributed by atoms with Crippen molar-refractivity contribution in [3.05, 3.63) is 57.5 Å². The van der Waals surface area contributed by atoms with E-state index >= 15 is 0 Å². The van der Waals surface area contributed by atoms with Crippen molar-refractivity contribution in [2.24, 2.45) is 0 Å². The van der Waals surface area contributed by atoms with Gasteiger partial charge in [0, 0.05) is 39.6 Å². The van der Waals surface area contributed by atoms with Gasteiger partial charge in [0.15, 0.2) is 0 Å². The van der Waals surface area contributed by atoms with Crippen LogP contribution in [0.25, 0.3) is 21.7 Å². The summed E-state index contributed by atoms with van der Waals surface area (Å²) in [5, 5.41) is 2.09. The fourth-order valence-electron chi connectivity index (χ4n) is 3.56. The number of rotatable bonds is 2. The van der Waals surface area contributed by atoms with Crippen LogP contribution in [0.4, 0.5) is 0 Å². The molecule has 2 aromatic heterocycles. The van der Waals surface area contributed by atoms with Crippen LogP contribution in [0.2, 0.25) is 0 Å². The van der Waals surface area contributed by atoms with Gasteiger partial charge in [-0.2, -0.15) is 0 Å². The van der Waals surface area contributed by atoms with Crippen LogP contribution >= 0.6 is 27.3 Å². The number of carbonyl (C=O) groups is 1. The number of aryl methyl sites for hydroxylation is 1. The molecule has 4 rings (SSSR count). The van der Waals surface area contributed by atoms with E-state index < -0.39 is 0 Å². The quantitative estimate of drug-likeness (QED) is 0.472. The molecular weight excluding hydrogens is 420 g/mol. The standard InChI is InChI=1S/C22H23BrN2OS/c1-22(2,3)24(4)21(26)18-13-17(19-6-5-11-27-19)20-16-12-15(23)8-7-14(16)9-10-25(18)20/h5-8,11-13H,9-10H2,1-4H3. The van der Waals surface area contributed by atoms with Crippen LogP contribution < -0.4 is 0 Å². The van der Waals surface area contributed by atoms with Gasteiger partial charge in [0.25, 0.3) is 5.91 Å². The molecule has 3 heterocycles. The summed E-state index contributed by atoms with van der Waals surface area (Å²) in [5.41, 5.74) is 5.42. The van der Waals surface area contributed by atoms with Gasteiger partial charge in [-0.25, -0.2) is 0 Å². The normalized spacial score (nSPS) is 13.2. The van der Waals surface area contributed by atoms with E-state index in [4.69, 9.17) is 0 Å². The Labute approximate surface area is 172 Å². The molecule has 1 aliphatic rings. The molecule has 0 fully saturated rings. The van der Waals surface area contributed by atoms with Crippen molar-refractivity contribution in [1.29, 1.82) is 0 Å². The van der Waals surface area contributed by atoms with Crippen molar-refractivity contribution in [1.82, 2.24) is 9.47 Å². The van der Waals surface area contributed by atoms with Crippen LogP contribution in [0.5, 0.6) is 0 Å². The van der Waals surface area contributed by atoms with Crippen LogP contribution in [-0.2, 0) is 13.0 Å². The van der Waals surface area contributed by atoms with Gasteiger partial charge in [-0.05, 0) is 62.4 Å². The third-order valence-electron chi connectivity index (χ3n) is 5.35. The minimum absolute atomic E-state index is 0.0741. The second-order valence-electron chi connectivity index (χ2n) is 8.01. The van der Waals surface area contributed by atoms with Crippen molar-refractivity contribution in [2.75, 3.05) is 7.05 Å². The number of hydrogen-bond acceptors (Lipinski definition) is 2. The third-order valence-corrected chi connectivity index (χ3v) is 6.74. The first-order valence-corrected chi connectivity index (χ1v) is 10.8. The highest BCUT2D eigenvalue weighted by molar-refractivity contribution is 9.10. The lowest BCUT2D eigenvalue weighted by Crippen LogP contribution is -2.43. The molecule has 3 nitrogen and oxygen atoms in total. The maximum Gasteiger partial charge on any atom is 0.270 e. The van der Waals surface area contributed by atoms with Gasteiger partial charge < -0.3 is 9.47 Å². The third kappa shape index (κ3) is 3.17. The predicted molar refractivity (Wildman–Crippen MR) is 116 cm³/mol. The van der Waals surface area contributed by atoms with Gasteiger partial charge in [-0.3, -0.25) is 4.79 Å². The molecule has 0 saturated heterocycles. The van der Waals surface area contributed by atoms with Gasteiger partial charge >= 0.3 is 0 Å². The molecule has 1 aromatic carbocycles. The number of fused-ring (bicyclic) bond motifs is 3. The molecule has 0 N–H and O–H groups in total. The topological polar surface area (TPSA) is 25.2 Å². The fourth-order valence-corrected chi connectivity index (χ4v) is 4.67. The van der Waals surface area contributed by atoms with E-state index in [1.807, 2.05) is 11.9 Å². The second-order valence-corrected chi connectivity index (χ2v) is 9.87. The first kappa shape index (κ1) is 18.5. The van der Waals surface area contributed by atoms with Crippen molar-refractivity contribution in [3.8, 4) is 21.7 Å². The summed E-state index contributed by atoms with van der Waals surface area (Å²) in [6.07, 6.45) is 0.938. The summed E-state index contributed by atoms with van der Waals surface area (Å²) >= 11 is 5.34. The number of amides is 1. The Hall–Kier alpha value is -1.85. The summed E-state index contributed by atoms with van der Waals surface area (Å²) in [6, 6.07) is 12.8. The molecule has 0 aliphatic carbocycles. The Balaban J connectivity index is 1.95. The van der Waals surface area contributed by atoms with Gasteiger partial charge in [0.2, 0.25) is 0 Å². The maximum atomic E-state index is 13.3. The zero-order chi connectivity index (χ0) is 19.3. The Morgan fingerprint density at radius 1 is 1.19 bits per heavy atom. The molecule has 0 saturated carbocycles. The fraction of sp³-hybridized carbons (Fsp3) is 0.318. The molecule has 1 amide bonds. The molecule has 0 bridgehead atoms. The number of carbonyl (C=O) groups excluding carboxylic acids is 1. The molecule has 0 spiro atoms. The Morgan fingerprint density at radius 2 is 1.96 bits per heavy atom. The Kier molecular flexibility index (Phi) is 4.55. The lowest BCUT2D eigenvalue weighted by molar-refractivity contribution is 0.0644. The van der Waals surface area contributed by atoms with E-state index in [1.54, 1.807) is 11.3 Å². The SMILES string of the molecule is CN(C(=O)c1cc(-c2cccs2)c2n1CCc1ccc(Br)cc1-2)C(C)(C)C. The van der Waals surface area contributed by atoms with Gasteiger partial charge in [0.05, 0.1) is 5.69 Å². The smallest absolute Gasteiger partial charge is 0.270 e. The molecular formula is C22H23BrN2OS. The van der Waals surface area contributed by atoms with Crippen LogP contribution in [0, 0.1) is 0 Å². The van der Waals surface area contributed by atoms with Crippen molar-refractivity contribution < 1.29 is 4.79 Å². The van der Waals surface area contributed by atoms with E-state index in [1.165, 1.54) is 16.0 Å². The first-order valence-electron chi connectivity index (χ1n) is 9.12. The minimum atomic E-state index is -0.222. The highest BCUT2D eigenvalue weighted by Crippen LogP contribution is 2.42. The van der Waals surface area contributed by atoms with Crippen LogP contribution in [-0.4, -0.2) is 28.0 Å². The molecule has 1 aliphatic heterocycles. The lowest BCUT2D eigenvalue weighted by Gasteiger charge is -2.32. The van der Waals surface area contributed by atoms with Crippen LogP contribution in [0.15, 0.2) is 46.3 Å². The largest absolute Gasteiger partial charge is 0.336 e. The van der Waals surface area contributed by atoms with Crippen molar-refractivity contribution in [2.45, 2.75) is 39.3 Å². The highest BCUT2D eigenvalue weighted by Gasteiger charge is 2.31. The van der Waals surface area contributed by atoms with E-state index in [-0.39, 0.29) is 11.4 Å². The summed E-state index contributed by atoms with van der Waals surface area (Å²) in [6.45, 7) is 7.03. The lowest BCUT2D eigenvalue weighted by atomic mass is 9.96. The number of nitrogens with zero attached hydrogens (tertiary/aromatic N) is 2. The van der Waals surface area contributed by atoms with Gasteiger partial charge in [-0.1, -0.05) is 28.1 Å². The molecule has 3 aromatic rings. The second kappa shape index (κ2) is 6.64. The summed E-state index contributed by atoms with van der Waals surface area (Å²) in [5.74, 6) is 0.0741. The van der Waals surface area contributed by atoms with E-state index in [0.29, 0.717) is 0 Å². The van der Waals surface area contributed by atoms with E-state index in [2.05, 4.69) is 83.0 Å². The number of aromatic nitrogens is 1. The molecule has 140 valence electrons. The number of hydrogen-bond donors (Lipinski definition) is 0. The summed E-state index contributed by atoms with van der Waals surface area (Å²) < 4.78 is 3.28. The van der Waals surface area contributed by atoms with E-state index in [9.17, 15) is 4.79 Å². The van der Waals surface area contributed by atoms with Crippen molar-refractivity contribution >= 4 is 33.2 Å². The molecule has 27 heavy (non-hydrogen) atoms. The number of halogens is 1. The van der Waals surface area contributed by atoms with Crippen LogP contribution in [0.3, 0.4) is 0 Å². The average molecular weight is 443 g/mol. The van der Waals surface area contributed by atoms with Crippen LogP contribution in [0.1, 0.15) is 36.8 Å². The first-order chi connectivity index (χ1) is 12.8. The summed E-state index contributed by atoms with van der Waals surface area (Å²) in [7, 11) is 1.89. The number of benzene rings is 1. The monoisotopic (exact) mass is 442 g/mol. The zero-order valence-corrected chi connectivity index (χ0v) is 18.4.